The second-order valence-corrected chi connectivity index (χ2v) is 4.73. The zero-order chi connectivity index (χ0) is 13.7. The Morgan fingerprint density at radius 1 is 1.32 bits per heavy atom. The van der Waals surface area contributed by atoms with E-state index in [1.165, 1.54) is 0 Å². The lowest BCUT2D eigenvalue weighted by Crippen LogP contribution is -2.34. The molecule has 1 heterocycles. The summed E-state index contributed by atoms with van der Waals surface area (Å²) >= 11 is 0. The second-order valence-electron chi connectivity index (χ2n) is 4.73. The van der Waals surface area contributed by atoms with Crippen molar-refractivity contribution in [2.45, 2.75) is 26.7 Å². The standard InChI is InChI=1S/C16H21NO2/c1-3-5-10-17(4-2)16(18)14-11-13-8-6-7-9-15(13)19-12-14/h6-9,11H,3-5,10,12H2,1-2H3. The number of carbonyl (C=O) groups excluding carboxylic acids is 1. The van der Waals surface area contributed by atoms with E-state index < -0.39 is 0 Å². The van der Waals surface area contributed by atoms with Crippen LogP contribution in [0.1, 0.15) is 32.3 Å². The number of para-hydroxylation sites is 1. The van der Waals surface area contributed by atoms with Gasteiger partial charge in [-0.05, 0) is 25.5 Å². The lowest BCUT2D eigenvalue weighted by atomic mass is 10.1. The highest BCUT2D eigenvalue weighted by atomic mass is 16.5. The maximum absolute atomic E-state index is 12.4. The van der Waals surface area contributed by atoms with Crippen molar-refractivity contribution in [3.05, 3.63) is 35.4 Å². The molecule has 0 fully saturated rings. The third-order valence-corrected chi connectivity index (χ3v) is 3.36. The second kappa shape index (κ2) is 6.41. The zero-order valence-corrected chi connectivity index (χ0v) is 11.7. The maximum Gasteiger partial charge on any atom is 0.253 e. The summed E-state index contributed by atoms with van der Waals surface area (Å²) in [5.41, 5.74) is 1.74. The van der Waals surface area contributed by atoms with Crippen LogP contribution in [0.4, 0.5) is 0 Å². The molecule has 0 aliphatic carbocycles. The van der Waals surface area contributed by atoms with E-state index in [0.717, 1.165) is 42.8 Å². The highest BCUT2D eigenvalue weighted by Crippen LogP contribution is 2.26. The summed E-state index contributed by atoms with van der Waals surface area (Å²) in [5.74, 6) is 0.959. The van der Waals surface area contributed by atoms with E-state index >= 15 is 0 Å². The average Bonchev–Trinajstić information content (AvgIpc) is 2.47. The van der Waals surface area contributed by atoms with Gasteiger partial charge in [-0.25, -0.2) is 0 Å². The predicted octanol–water partition coefficient (Wildman–Crippen LogP) is 3.11. The fraction of sp³-hybridized carbons (Fsp3) is 0.438. The summed E-state index contributed by atoms with van der Waals surface area (Å²) in [7, 11) is 0. The van der Waals surface area contributed by atoms with Crippen molar-refractivity contribution in [2.24, 2.45) is 0 Å². The summed E-state index contributed by atoms with van der Waals surface area (Å²) in [4.78, 5) is 14.3. The molecule has 1 amide bonds. The number of amides is 1. The minimum atomic E-state index is 0.102. The van der Waals surface area contributed by atoms with Crippen molar-refractivity contribution in [3.63, 3.8) is 0 Å². The highest BCUT2D eigenvalue weighted by molar-refractivity contribution is 5.99. The number of unbranched alkanes of at least 4 members (excludes halogenated alkanes) is 1. The molecular formula is C16H21NO2. The zero-order valence-electron chi connectivity index (χ0n) is 11.7. The number of rotatable bonds is 5. The van der Waals surface area contributed by atoms with Crippen molar-refractivity contribution < 1.29 is 9.53 Å². The lowest BCUT2D eigenvalue weighted by Gasteiger charge is -2.24. The van der Waals surface area contributed by atoms with Gasteiger partial charge in [-0.2, -0.15) is 0 Å². The Morgan fingerprint density at radius 2 is 2.11 bits per heavy atom. The molecule has 0 radical (unpaired) electrons. The fourth-order valence-electron chi connectivity index (χ4n) is 2.19. The number of ether oxygens (including phenoxy) is 1. The number of hydrogen-bond acceptors (Lipinski definition) is 2. The largest absolute Gasteiger partial charge is 0.488 e. The van der Waals surface area contributed by atoms with Gasteiger partial charge in [0.1, 0.15) is 12.4 Å². The van der Waals surface area contributed by atoms with Gasteiger partial charge in [0.05, 0.1) is 5.57 Å². The molecule has 0 saturated carbocycles. The van der Waals surface area contributed by atoms with Gasteiger partial charge in [-0.15, -0.1) is 0 Å². The van der Waals surface area contributed by atoms with Crippen LogP contribution in [-0.4, -0.2) is 30.5 Å². The Labute approximate surface area is 114 Å². The molecule has 102 valence electrons. The van der Waals surface area contributed by atoms with Crippen molar-refractivity contribution >= 4 is 12.0 Å². The van der Waals surface area contributed by atoms with E-state index in [1.807, 2.05) is 42.2 Å². The van der Waals surface area contributed by atoms with Gasteiger partial charge in [0.25, 0.3) is 5.91 Å². The average molecular weight is 259 g/mol. The van der Waals surface area contributed by atoms with Gasteiger partial charge in [0.2, 0.25) is 0 Å². The SMILES string of the molecule is CCCCN(CC)C(=O)C1=Cc2ccccc2OC1. The number of hydrogen-bond donors (Lipinski definition) is 0. The summed E-state index contributed by atoms with van der Waals surface area (Å²) in [5, 5.41) is 0. The van der Waals surface area contributed by atoms with Crippen molar-refractivity contribution in [1.82, 2.24) is 4.90 Å². The molecule has 3 nitrogen and oxygen atoms in total. The van der Waals surface area contributed by atoms with Crippen LogP contribution < -0.4 is 4.74 Å². The molecule has 0 atom stereocenters. The molecule has 0 spiro atoms. The van der Waals surface area contributed by atoms with Gasteiger partial charge in [0, 0.05) is 18.7 Å². The Kier molecular flexibility index (Phi) is 4.61. The van der Waals surface area contributed by atoms with Gasteiger partial charge in [-0.1, -0.05) is 31.5 Å². The predicted molar refractivity (Wildman–Crippen MR) is 77.1 cm³/mol. The summed E-state index contributed by atoms with van der Waals surface area (Å²) in [6.45, 7) is 6.10. The van der Waals surface area contributed by atoms with E-state index in [-0.39, 0.29) is 5.91 Å². The number of carbonyl (C=O) groups is 1. The normalized spacial score (nSPS) is 13.3. The molecule has 0 bridgehead atoms. The van der Waals surface area contributed by atoms with E-state index in [4.69, 9.17) is 4.74 Å². The molecule has 0 saturated heterocycles. The number of nitrogens with zero attached hydrogens (tertiary/aromatic N) is 1. The molecule has 1 aliphatic rings. The first kappa shape index (κ1) is 13.7. The molecule has 1 aliphatic heterocycles. The molecule has 0 N–H and O–H groups in total. The topological polar surface area (TPSA) is 29.5 Å². The Balaban J connectivity index is 2.14. The van der Waals surface area contributed by atoms with Gasteiger partial charge >= 0.3 is 0 Å². The van der Waals surface area contributed by atoms with Crippen LogP contribution in [0.3, 0.4) is 0 Å². The minimum absolute atomic E-state index is 0.102. The number of fused-ring (bicyclic) bond motifs is 1. The van der Waals surface area contributed by atoms with Crippen molar-refractivity contribution in [3.8, 4) is 5.75 Å². The Hall–Kier alpha value is -1.77. The van der Waals surface area contributed by atoms with Crippen LogP contribution in [0.2, 0.25) is 0 Å². The van der Waals surface area contributed by atoms with Gasteiger partial charge in [-0.3, -0.25) is 4.79 Å². The highest BCUT2D eigenvalue weighted by Gasteiger charge is 2.20. The lowest BCUT2D eigenvalue weighted by molar-refractivity contribution is -0.127. The molecule has 19 heavy (non-hydrogen) atoms. The first-order chi connectivity index (χ1) is 9.26. The number of benzene rings is 1. The fourth-order valence-corrected chi connectivity index (χ4v) is 2.19. The van der Waals surface area contributed by atoms with E-state index in [1.54, 1.807) is 0 Å². The Morgan fingerprint density at radius 3 is 2.84 bits per heavy atom. The molecular weight excluding hydrogens is 238 g/mol. The van der Waals surface area contributed by atoms with Crippen LogP contribution in [0.25, 0.3) is 6.08 Å². The maximum atomic E-state index is 12.4. The van der Waals surface area contributed by atoms with Crippen LogP contribution in [0, 0.1) is 0 Å². The molecule has 3 heteroatoms. The van der Waals surface area contributed by atoms with Crippen molar-refractivity contribution in [1.29, 1.82) is 0 Å². The smallest absolute Gasteiger partial charge is 0.253 e. The third kappa shape index (κ3) is 3.16. The minimum Gasteiger partial charge on any atom is -0.488 e. The van der Waals surface area contributed by atoms with Crippen LogP contribution in [0.15, 0.2) is 29.8 Å². The van der Waals surface area contributed by atoms with Crippen LogP contribution in [0.5, 0.6) is 5.75 Å². The van der Waals surface area contributed by atoms with Crippen LogP contribution >= 0.6 is 0 Å². The molecule has 2 rings (SSSR count). The first-order valence-corrected chi connectivity index (χ1v) is 6.98. The molecule has 0 aromatic heterocycles. The first-order valence-electron chi connectivity index (χ1n) is 6.98. The monoisotopic (exact) mass is 259 g/mol. The van der Waals surface area contributed by atoms with E-state index in [9.17, 15) is 4.79 Å². The molecule has 1 aromatic rings. The van der Waals surface area contributed by atoms with Crippen LogP contribution in [-0.2, 0) is 4.79 Å². The summed E-state index contributed by atoms with van der Waals surface area (Å²) < 4.78 is 5.64. The van der Waals surface area contributed by atoms with Gasteiger partial charge < -0.3 is 9.64 Å². The quantitative estimate of drug-likeness (QED) is 0.813. The van der Waals surface area contributed by atoms with Crippen molar-refractivity contribution in [2.75, 3.05) is 19.7 Å². The summed E-state index contributed by atoms with van der Waals surface area (Å²) in [6.07, 6.45) is 4.10. The van der Waals surface area contributed by atoms with Gasteiger partial charge in [0.15, 0.2) is 0 Å². The summed E-state index contributed by atoms with van der Waals surface area (Å²) in [6, 6.07) is 7.81. The third-order valence-electron chi connectivity index (χ3n) is 3.36. The Bertz CT molecular complexity index is 479. The number of likely N-dealkylation sites (N-methyl/N-ethyl adjacent to an activating group) is 1. The molecule has 1 aromatic carbocycles. The van der Waals surface area contributed by atoms with E-state index in [2.05, 4.69) is 6.92 Å². The molecule has 0 unspecified atom stereocenters. The van der Waals surface area contributed by atoms with E-state index in [0.29, 0.717) is 6.61 Å².